The Hall–Kier alpha value is -2.20. The zero-order valence-corrected chi connectivity index (χ0v) is 12.5. The summed E-state index contributed by atoms with van der Waals surface area (Å²) in [5.74, 6) is 1.71. The molecule has 0 spiro atoms. The number of hydrogen-bond donors (Lipinski definition) is 1. The van der Waals surface area contributed by atoms with E-state index in [1.807, 2.05) is 36.4 Å². The normalized spacial score (nSPS) is 10.2. The van der Waals surface area contributed by atoms with E-state index in [0.717, 1.165) is 23.7 Å². The standard InChI is InChI=1S/C17H21NO3/c1-19-10-11-21-16-8-6-14(7-9-16)13-18-15-4-3-5-17(12-15)20-2/h3-9,12,18H,10-11,13H2,1-2H3. The first-order valence-electron chi connectivity index (χ1n) is 6.90. The van der Waals surface area contributed by atoms with Crippen LogP contribution in [0.2, 0.25) is 0 Å². The van der Waals surface area contributed by atoms with Gasteiger partial charge in [-0.25, -0.2) is 0 Å². The molecule has 0 heterocycles. The van der Waals surface area contributed by atoms with Gasteiger partial charge in [0, 0.05) is 25.4 Å². The van der Waals surface area contributed by atoms with Gasteiger partial charge in [-0.2, -0.15) is 0 Å². The maximum atomic E-state index is 5.53. The minimum absolute atomic E-state index is 0.567. The Morgan fingerprint density at radius 2 is 1.71 bits per heavy atom. The highest BCUT2D eigenvalue weighted by molar-refractivity contribution is 5.48. The first-order chi connectivity index (χ1) is 10.3. The van der Waals surface area contributed by atoms with Gasteiger partial charge in [0.05, 0.1) is 13.7 Å². The molecule has 21 heavy (non-hydrogen) atoms. The number of methoxy groups -OCH3 is 2. The highest BCUT2D eigenvalue weighted by Crippen LogP contribution is 2.18. The van der Waals surface area contributed by atoms with Crippen molar-refractivity contribution >= 4 is 5.69 Å². The third-order valence-corrected chi connectivity index (χ3v) is 3.05. The number of rotatable bonds is 8. The van der Waals surface area contributed by atoms with Crippen molar-refractivity contribution in [3.05, 3.63) is 54.1 Å². The van der Waals surface area contributed by atoms with Gasteiger partial charge in [0.1, 0.15) is 18.1 Å². The third-order valence-electron chi connectivity index (χ3n) is 3.05. The predicted molar refractivity (Wildman–Crippen MR) is 84.1 cm³/mol. The summed E-state index contributed by atoms with van der Waals surface area (Å²) < 4.78 is 15.7. The topological polar surface area (TPSA) is 39.7 Å². The van der Waals surface area contributed by atoms with Gasteiger partial charge in [-0.3, -0.25) is 0 Å². The maximum absolute atomic E-state index is 5.53. The Morgan fingerprint density at radius 3 is 2.43 bits per heavy atom. The van der Waals surface area contributed by atoms with E-state index < -0.39 is 0 Å². The van der Waals surface area contributed by atoms with E-state index in [1.54, 1.807) is 14.2 Å². The van der Waals surface area contributed by atoms with Crippen LogP contribution in [0.1, 0.15) is 5.56 Å². The van der Waals surface area contributed by atoms with E-state index in [9.17, 15) is 0 Å². The summed E-state index contributed by atoms with van der Waals surface area (Å²) in [5.41, 5.74) is 2.23. The van der Waals surface area contributed by atoms with Crippen LogP contribution in [0.3, 0.4) is 0 Å². The Morgan fingerprint density at radius 1 is 0.905 bits per heavy atom. The van der Waals surface area contributed by atoms with Crippen molar-refractivity contribution in [1.82, 2.24) is 0 Å². The Labute approximate surface area is 125 Å². The van der Waals surface area contributed by atoms with E-state index in [4.69, 9.17) is 14.2 Å². The lowest BCUT2D eigenvalue weighted by Gasteiger charge is -2.09. The SMILES string of the molecule is COCCOc1ccc(CNc2cccc(OC)c2)cc1. The van der Waals surface area contributed by atoms with Crippen LogP contribution in [0.15, 0.2) is 48.5 Å². The molecule has 1 N–H and O–H groups in total. The zero-order valence-electron chi connectivity index (χ0n) is 12.5. The quantitative estimate of drug-likeness (QED) is 0.756. The summed E-state index contributed by atoms with van der Waals surface area (Å²) in [5, 5.41) is 3.37. The molecule has 0 unspecified atom stereocenters. The van der Waals surface area contributed by atoms with Crippen LogP contribution in [-0.2, 0) is 11.3 Å². The van der Waals surface area contributed by atoms with Crippen molar-refractivity contribution in [3.8, 4) is 11.5 Å². The fourth-order valence-electron chi connectivity index (χ4n) is 1.88. The molecule has 2 rings (SSSR count). The zero-order chi connectivity index (χ0) is 14.9. The molecule has 0 aliphatic carbocycles. The van der Waals surface area contributed by atoms with Crippen LogP contribution in [0.4, 0.5) is 5.69 Å². The Bertz CT molecular complexity index is 540. The van der Waals surface area contributed by atoms with Gasteiger partial charge in [0.25, 0.3) is 0 Å². The van der Waals surface area contributed by atoms with Crippen LogP contribution in [-0.4, -0.2) is 27.4 Å². The highest BCUT2D eigenvalue weighted by atomic mass is 16.5. The molecule has 2 aromatic rings. The molecule has 0 atom stereocenters. The molecule has 0 aromatic heterocycles. The van der Waals surface area contributed by atoms with Crippen LogP contribution >= 0.6 is 0 Å². The minimum atomic E-state index is 0.567. The summed E-state index contributed by atoms with van der Waals surface area (Å²) in [4.78, 5) is 0. The smallest absolute Gasteiger partial charge is 0.120 e. The number of nitrogens with one attached hydrogen (secondary N) is 1. The molecule has 0 amide bonds. The molecule has 4 heteroatoms. The van der Waals surface area contributed by atoms with E-state index in [0.29, 0.717) is 13.2 Å². The highest BCUT2D eigenvalue weighted by Gasteiger charge is 1.98. The van der Waals surface area contributed by atoms with E-state index in [1.165, 1.54) is 5.56 Å². The van der Waals surface area contributed by atoms with Gasteiger partial charge < -0.3 is 19.5 Å². The molecule has 0 aliphatic heterocycles. The van der Waals surface area contributed by atoms with E-state index in [-0.39, 0.29) is 0 Å². The first kappa shape index (κ1) is 15.2. The molecule has 112 valence electrons. The van der Waals surface area contributed by atoms with Gasteiger partial charge in [-0.05, 0) is 29.8 Å². The largest absolute Gasteiger partial charge is 0.497 e. The first-order valence-corrected chi connectivity index (χ1v) is 6.90. The number of hydrogen-bond acceptors (Lipinski definition) is 4. The number of ether oxygens (including phenoxy) is 3. The summed E-state index contributed by atoms with van der Waals surface area (Å²) in [6.07, 6.45) is 0. The van der Waals surface area contributed by atoms with Crippen LogP contribution in [0.25, 0.3) is 0 Å². The van der Waals surface area contributed by atoms with Crippen LogP contribution in [0, 0.1) is 0 Å². The van der Waals surface area contributed by atoms with E-state index >= 15 is 0 Å². The monoisotopic (exact) mass is 287 g/mol. The predicted octanol–water partition coefficient (Wildman–Crippen LogP) is 3.33. The molecule has 0 bridgehead atoms. The average Bonchev–Trinajstić information content (AvgIpc) is 2.54. The Kier molecular flexibility index (Phi) is 5.91. The maximum Gasteiger partial charge on any atom is 0.120 e. The minimum Gasteiger partial charge on any atom is -0.497 e. The van der Waals surface area contributed by atoms with Crippen molar-refractivity contribution in [2.45, 2.75) is 6.54 Å². The lowest BCUT2D eigenvalue weighted by atomic mass is 10.2. The number of benzene rings is 2. The fraction of sp³-hybridized carbons (Fsp3) is 0.294. The second kappa shape index (κ2) is 8.17. The Balaban J connectivity index is 1.85. The van der Waals surface area contributed by atoms with E-state index in [2.05, 4.69) is 17.4 Å². The van der Waals surface area contributed by atoms with Gasteiger partial charge in [-0.1, -0.05) is 18.2 Å². The van der Waals surface area contributed by atoms with Gasteiger partial charge in [0.15, 0.2) is 0 Å². The van der Waals surface area contributed by atoms with Gasteiger partial charge in [-0.15, -0.1) is 0 Å². The molecule has 0 saturated heterocycles. The van der Waals surface area contributed by atoms with Crippen molar-refractivity contribution in [1.29, 1.82) is 0 Å². The molecule has 4 nitrogen and oxygen atoms in total. The molecular formula is C17H21NO3. The molecule has 0 saturated carbocycles. The number of anilines is 1. The summed E-state index contributed by atoms with van der Waals surface area (Å²) in [7, 11) is 3.33. The van der Waals surface area contributed by atoms with Crippen molar-refractivity contribution in [2.24, 2.45) is 0 Å². The molecule has 2 aromatic carbocycles. The van der Waals surface area contributed by atoms with Gasteiger partial charge >= 0.3 is 0 Å². The summed E-state index contributed by atoms with van der Waals surface area (Å²) in [6, 6.07) is 15.9. The van der Waals surface area contributed by atoms with Crippen molar-refractivity contribution in [3.63, 3.8) is 0 Å². The molecule has 0 radical (unpaired) electrons. The van der Waals surface area contributed by atoms with Crippen molar-refractivity contribution < 1.29 is 14.2 Å². The summed E-state index contributed by atoms with van der Waals surface area (Å²) in [6.45, 7) is 1.92. The fourth-order valence-corrected chi connectivity index (χ4v) is 1.88. The van der Waals surface area contributed by atoms with Gasteiger partial charge in [0.2, 0.25) is 0 Å². The third kappa shape index (κ3) is 5.00. The lowest BCUT2D eigenvalue weighted by Crippen LogP contribution is -2.04. The van der Waals surface area contributed by atoms with Crippen LogP contribution in [0.5, 0.6) is 11.5 Å². The van der Waals surface area contributed by atoms with Crippen LogP contribution < -0.4 is 14.8 Å². The summed E-state index contributed by atoms with van der Waals surface area (Å²) >= 11 is 0. The van der Waals surface area contributed by atoms with Crippen molar-refractivity contribution in [2.75, 3.05) is 32.8 Å². The molecule has 0 aliphatic rings. The lowest BCUT2D eigenvalue weighted by molar-refractivity contribution is 0.146. The second-order valence-electron chi connectivity index (χ2n) is 4.57. The molecule has 0 fully saturated rings. The average molecular weight is 287 g/mol. The molecular weight excluding hydrogens is 266 g/mol. The second-order valence-corrected chi connectivity index (χ2v) is 4.57.